The van der Waals surface area contributed by atoms with Gasteiger partial charge in [-0.3, -0.25) is 9.89 Å². The summed E-state index contributed by atoms with van der Waals surface area (Å²) < 4.78 is 0. The maximum Gasteiger partial charge on any atom is 0.191 e. The molecule has 0 saturated carbocycles. The van der Waals surface area contributed by atoms with Crippen molar-refractivity contribution in [3.63, 3.8) is 0 Å². The van der Waals surface area contributed by atoms with Gasteiger partial charge in [-0.15, -0.1) is 30.6 Å². The lowest BCUT2D eigenvalue weighted by Crippen LogP contribution is -2.51. The van der Waals surface area contributed by atoms with Gasteiger partial charge in [-0.25, -0.2) is 0 Å². The molecule has 1 fully saturated rings. The van der Waals surface area contributed by atoms with Crippen LogP contribution < -0.4 is 10.6 Å². The zero-order valence-electron chi connectivity index (χ0n) is 14.1. The van der Waals surface area contributed by atoms with E-state index in [0.717, 1.165) is 31.5 Å². The Morgan fingerprint density at radius 1 is 1.43 bits per heavy atom. The van der Waals surface area contributed by atoms with Crippen molar-refractivity contribution in [2.75, 3.05) is 32.7 Å². The molecule has 0 aliphatic carbocycles. The first-order valence-electron chi connectivity index (χ1n) is 7.87. The number of likely N-dealkylation sites (tertiary alicyclic amines) is 1. The van der Waals surface area contributed by atoms with Crippen LogP contribution in [0.25, 0.3) is 0 Å². The van der Waals surface area contributed by atoms with Crippen molar-refractivity contribution in [1.29, 1.82) is 0 Å². The third-order valence-corrected chi connectivity index (χ3v) is 3.90. The molecule has 0 amide bonds. The molecule has 1 aliphatic heterocycles. The molecular formula is C16H33IN4. The predicted octanol–water partition coefficient (Wildman–Crippen LogP) is 2.86. The highest BCUT2D eigenvalue weighted by molar-refractivity contribution is 14.0. The summed E-state index contributed by atoms with van der Waals surface area (Å²) >= 11 is 0. The fourth-order valence-electron chi connectivity index (χ4n) is 2.62. The highest BCUT2D eigenvalue weighted by Crippen LogP contribution is 2.23. The van der Waals surface area contributed by atoms with Crippen molar-refractivity contribution in [3.8, 4) is 0 Å². The fraction of sp³-hybridized carbons (Fsp3) is 0.812. The van der Waals surface area contributed by atoms with E-state index in [9.17, 15) is 0 Å². The van der Waals surface area contributed by atoms with Crippen LogP contribution in [0.2, 0.25) is 0 Å². The van der Waals surface area contributed by atoms with Gasteiger partial charge in [0.25, 0.3) is 0 Å². The average Bonchev–Trinajstić information content (AvgIpc) is 2.42. The molecule has 0 bridgehead atoms. The van der Waals surface area contributed by atoms with E-state index in [1.165, 1.54) is 25.9 Å². The second kappa shape index (κ2) is 10.4. The molecule has 1 heterocycles. The molecule has 1 atom stereocenters. The molecule has 0 radical (unpaired) electrons. The van der Waals surface area contributed by atoms with Crippen LogP contribution in [0.15, 0.2) is 17.6 Å². The molecule has 1 unspecified atom stereocenters. The summed E-state index contributed by atoms with van der Waals surface area (Å²) in [4.78, 5) is 7.31. The van der Waals surface area contributed by atoms with E-state index < -0.39 is 0 Å². The number of rotatable bonds is 6. The lowest BCUT2D eigenvalue weighted by Gasteiger charge is -2.42. The summed E-state index contributed by atoms with van der Waals surface area (Å²) in [6, 6.07) is 0. The maximum absolute atomic E-state index is 4.73. The Bertz CT molecular complexity index is 328. The van der Waals surface area contributed by atoms with Gasteiger partial charge in [-0.05, 0) is 46.1 Å². The van der Waals surface area contributed by atoms with Crippen molar-refractivity contribution >= 4 is 29.9 Å². The van der Waals surface area contributed by atoms with Gasteiger partial charge in [-0.1, -0.05) is 13.0 Å². The zero-order valence-corrected chi connectivity index (χ0v) is 16.4. The Morgan fingerprint density at radius 2 is 2.14 bits per heavy atom. The molecule has 124 valence electrons. The number of hydrogen-bond acceptors (Lipinski definition) is 2. The minimum absolute atomic E-state index is 0. The van der Waals surface area contributed by atoms with Gasteiger partial charge in [0, 0.05) is 25.2 Å². The largest absolute Gasteiger partial charge is 0.357 e. The van der Waals surface area contributed by atoms with E-state index in [1.54, 1.807) is 0 Å². The van der Waals surface area contributed by atoms with Crippen LogP contribution in [0.3, 0.4) is 0 Å². The SMILES string of the molecule is C=CCNC(=NCC(C)(C)N1CCCC(C)C1)NCC.I. The topological polar surface area (TPSA) is 39.7 Å². The lowest BCUT2D eigenvalue weighted by molar-refractivity contribution is 0.0774. The standard InChI is InChI=1S/C16H32N4.HI/c1-6-10-18-15(17-7-2)19-13-16(4,5)20-11-8-9-14(3)12-20;/h6,14H,1,7-13H2,2-5H3,(H2,17,18,19);1H. The summed E-state index contributed by atoms with van der Waals surface area (Å²) in [6.07, 6.45) is 4.52. The Morgan fingerprint density at radius 3 is 2.71 bits per heavy atom. The van der Waals surface area contributed by atoms with E-state index in [2.05, 4.69) is 49.8 Å². The van der Waals surface area contributed by atoms with Crippen LogP contribution in [0.1, 0.15) is 40.5 Å². The van der Waals surface area contributed by atoms with E-state index in [0.29, 0.717) is 0 Å². The smallest absolute Gasteiger partial charge is 0.191 e. The monoisotopic (exact) mass is 408 g/mol. The number of hydrogen-bond donors (Lipinski definition) is 2. The van der Waals surface area contributed by atoms with Crippen molar-refractivity contribution in [2.24, 2.45) is 10.9 Å². The molecule has 2 N–H and O–H groups in total. The zero-order chi connectivity index (χ0) is 15.0. The minimum atomic E-state index is 0. The second-order valence-electron chi connectivity index (χ2n) is 6.37. The number of aliphatic imine (C=N–C) groups is 1. The molecule has 4 nitrogen and oxygen atoms in total. The highest BCUT2D eigenvalue weighted by atomic mass is 127. The summed E-state index contributed by atoms with van der Waals surface area (Å²) in [6.45, 7) is 17.6. The highest BCUT2D eigenvalue weighted by Gasteiger charge is 2.29. The molecule has 1 rings (SSSR count). The van der Waals surface area contributed by atoms with Crippen LogP contribution in [-0.4, -0.2) is 49.1 Å². The third-order valence-electron chi connectivity index (χ3n) is 3.90. The first-order chi connectivity index (χ1) is 9.49. The fourth-order valence-corrected chi connectivity index (χ4v) is 2.62. The van der Waals surface area contributed by atoms with E-state index in [-0.39, 0.29) is 29.5 Å². The van der Waals surface area contributed by atoms with Crippen molar-refractivity contribution in [2.45, 2.75) is 46.1 Å². The van der Waals surface area contributed by atoms with Crippen LogP contribution in [0.4, 0.5) is 0 Å². The summed E-state index contributed by atoms with van der Waals surface area (Å²) in [5.41, 5.74) is 0.116. The van der Waals surface area contributed by atoms with Gasteiger partial charge in [0.05, 0.1) is 6.54 Å². The third kappa shape index (κ3) is 7.49. The van der Waals surface area contributed by atoms with Gasteiger partial charge in [-0.2, -0.15) is 0 Å². The van der Waals surface area contributed by atoms with E-state index in [4.69, 9.17) is 4.99 Å². The molecule has 21 heavy (non-hydrogen) atoms. The minimum Gasteiger partial charge on any atom is -0.357 e. The predicted molar refractivity (Wildman–Crippen MR) is 104 cm³/mol. The Labute approximate surface area is 147 Å². The molecule has 0 aromatic carbocycles. The van der Waals surface area contributed by atoms with Crippen molar-refractivity contribution in [3.05, 3.63) is 12.7 Å². The van der Waals surface area contributed by atoms with Crippen molar-refractivity contribution in [1.82, 2.24) is 15.5 Å². The summed E-state index contributed by atoms with van der Waals surface area (Å²) in [5, 5.41) is 6.53. The number of nitrogens with one attached hydrogen (secondary N) is 2. The Hall–Kier alpha value is -0.300. The van der Waals surface area contributed by atoms with Crippen LogP contribution >= 0.6 is 24.0 Å². The van der Waals surface area contributed by atoms with Crippen molar-refractivity contribution < 1.29 is 0 Å². The number of piperidine rings is 1. The maximum atomic E-state index is 4.73. The lowest BCUT2D eigenvalue weighted by atomic mass is 9.94. The quantitative estimate of drug-likeness (QED) is 0.307. The number of nitrogens with zero attached hydrogens (tertiary/aromatic N) is 2. The molecule has 1 saturated heterocycles. The van der Waals surface area contributed by atoms with Gasteiger partial charge in [0.15, 0.2) is 5.96 Å². The summed E-state index contributed by atoms with van der Waals surface area (Å²) in [5.74, 6) is 1.68. The first-order valence-corrected chi connectivity index (χ1v) is 7.87. The number of guanidine groups is 1. The Balaban J connectivity index is 0.00000400. The number of halogens is 1. The van der Waals surface area contributed by atoms with E-state index in [1.807, 2.05) is 6.08 Å². The van der Waals surface area contributed by atoms with Crippen LogP contribution in [0.5, 0.6) is 0 Å². The molecule has 0 aromatic rings. The van der Waals surface area contributed by atoms with Crippen LogP contribution in [-0.2, 0) is 0 Å². The summed E-state index contributed by atoms with van der Waals surface area (Å²) in [7, 11) is 0. The van der Waals surface area contributed by atoms with Gasteiger partial charge in [0.2, 0.25) is 0 Å². The first kappa shape index (κ1) is 20.7. The van der Waals surface area contributed by atoms with Gasteiger partial charge >= 0.3 is 0 Å². The second-order valence-corrected chi connectivity index (χ2v) is 6.37. The van der Waals surface area contributed by atoms with E-state index >= 15 is 0 Å². The van der Waals surface area contributed by atoms with Gasteiger partial charge < -0.3 is 10.6 Å². The van der Waals surface area contributed by atoms with Crippen LogP contribution in [0, 0.1) is 5.92 Å². The normalized spacial score (nSPS) is 20.6. The average molecular weight is 408 g/mol. The molecule has 5 heteroatoms. The molecular weight excluding hydrogens is 375 g/mol. The Kier molecular flexibility index (Phi) is 10.3. The molecule has 0 aromatic heterocycles. The molecule has 0 spiro atoms. The van der Waals surface area contributed by atoms with Gasteiger partial charge in [0.1, 0.15) is 0 Å². The molecule has 1 aliphatic rings.